The Morgan fingerprint density at radius 1 is 1.13 bits per heavy atom. The van der Waals surface area contributed by atoms with Crippen molar-refractivity contribution < 1.29 is 0 Å². The summed E-state index contributed by atoms with van der Waals surface area (Å²) in [6.45, 7) is 11.3. The lowest BCUT2D eigenvalue weighted by atomic mass is 9.79. The summed E-state index contributed by atoms with van der Waals surface area (Å²) in [5.74, 6) is 0. The minimum absolute atomic E-state index is 0.238. The molecule has 0 aromatic rings. The van der Waals surface area contributed by atoms with Gasteiger partial charge >= 0.3 is 0 Å². The van der Waals surface area contributed by atoms with Gasteiger partial charge in [-0.25, -0.2) is 0 Å². The minimum atomic E-state index is 0.238. The van der Waals surface area contributed by atoms with Gasteiger partial charge in [0.25, 0.3) is 0 Å². The van der Waals surface area contributed by atoms with Gasteiger partial charge in [0.1, 0.15) is 0 Å². The second-order valence-electron chi connectivity index (χ2n) is 6.10. The van der Waals surface area contributed by atoms with Crippen molar-refractivity contribution in [2.75, 3.05) is 7.05 Å². The van der Waals surface area contributed by atoms with Crippen LogP contribution in [0.25, 0.3) is 0 Å². The Bertz CT molecular complexity index is 225. The van der Waals surface area contributed by atoms with E-state index in [1.807, 2.05) is 0 Å². The largest absolute Gasteiger partial charge is 0.378 e. The van der Waals surface area contributed by atoms with E-state index in [0.717, 1.165) is 0 Å². The normalized spacial score (nSPS) is 25.7. The van der Waals surface area contributed by atoms with Crippen LogP contribution in [-0.4, -0.2) is 29.1 Å². The summed E-state index contributed by atoms with van der Waals surface area (Å²) in [7, 11) is 2.18. The maximum Gasteiger partial charge on any atom is 0.0315 e. The van der Waals surface area contributed by atoms with E-state index in [1.165, 1.54) is 12.8 Å². The van der Waals surface area contributed by atoms with Crippen LogP contribution in [0.15, 0.2) is 12.3 Å². The second kappa shape index (κ2) is 4.17. The van der Waals surface area contributed by atoms with Gasteiger partial charge in [0.15, 0.2) is 0 Å². The highest BCUT2D eigenvalue weighted by molar-refractivity contribution is 5.01. The lowest BCUT2D eigenvalue weighted by molar-refractivity contribution is 0.105. The van der Waals surface area contributed by atoms with Crippen LogP contribution >= 0.6 is 0 Å². The Balaban J connectivity index is 2.75. The summed E-state index contributed by atoms with van der Waals surface area (Å²) in [4.78, 5) is 2.35. The Morgan fingerprint density at radius 2 is 1.60 bits per heavy atom. The summed E-state index contributed by atoms with van der Waals surface area (Å²) >= 11 is 0. The third-order valence-electron chi connectivity index (χ3n) is 3.13. The summed E-state index contributed by atoms with van der Waals surface area (Å²) in [5.41, 5.74) is 0.477. The molecule has 0 saturated carbocycles. The fourth-order valence-electron chi connectivity index (χ4n) is 2.91. The van der Waals surface area contributed by atoms with Gasteiger partial charge in [-0.15, -0.1) is 0 Å². The van der Waals surface area contributed by atoms with Crippen molar-refractivity contribution in [1.82, 2.24) is 10.2 Å². The Labute approximate surface area is 94.7 Å². The van der Waals surface area contributed by atoms with Crippen LogP contribution in [-0.2, 0) is 0 Å². The van der Waals surface area contributed by atoms with Crippen molar-refractivity contribution >= 4 is 0 Å². The Kier molecular flexibility index (Phi) is 3.49. The van der Waals surface area contributed by atoms with E-state index in [4.69, 9.17) is 0 Å². The number of hydrogen-bond acceptors (Lipinski definition) is 2. The van der Waals surface area contributed by atoms with E-state index in [0.29, 0.717) is 6.04 Å². The van der Waals surface area contributed by atoms with Crippen molar-refractivity contribution in [3.05, 3.63) is 12.3 Å². The van der Waals surface area contributed by atoms with Gasteiger partial charge in [-0.3, -0.25) is 0 Å². The first-order valence-corrected chi connectivity index (χ1v) is 5.90. The first-order chi connectivity index (χ1) is 6.76. The lowest BCUT2D eigenvalue weighted by Gasteiger charge is -2.48. The van der Waals surface area contributed by atoms with Crippen LogP contribution in [0, 0.1) is 0 Å². The first kappa shape index (κ1) is 12.6. The molecule has 0 radical (unpaired) electrons. The minimum Gasteiger partial charge on any atom is -0.378 e. The number of nitrogens with zero attached hydrogens (tertiary/aromatic N) is 1. The van der Waals surface area contributed by atoms with Crippen molar-refractivity contribution in [1.29, 1.82) is 0 Å². The molecule has 2 nitrogen and oxygen atoms in total. The van der Waals surface area contributed by atoms with Gasteiger partial charge in [-0.05, 0) is 53.7 Å². The molecule has 0 aliphatic carbocycles. The summed E-state index contributed by atoms with van der Waals surface area (Å²) in [6.07, 6.45) is 6.71. The smallest absolute Gasteiger partial charge is 0.0315 e. The molecule has 0 unspecified atom stereocenters. The standard InChI is InChI=1S/C13H26N2/c1-7-8-15(6)11-9-12(2,3)14-13(4,5)10-11/h7-8,11,14H,9-10H2,1-6H3/b8-7+. The van der Waals surface area contributed by atoms with Crippen molar-refractivity contribution in [3.63, 3.8) is 0 Å². The number of rotatable bonds is 2. The molecule has 1 aliphatic heterocycles. The molecule has 0 spiro atoms. The van der Waals surface area contributed by atoms with Crippen molar-refractivity contribution in [2.45, 2.75) is 64.6 Å². The summed E-state index contributed by atoms with van der Waals surface area (Å²) in [5, 5.41) is 3.71. The average molecular weight is 210 g/mol. The van der Waals surface area contributed by atoms with E-state index in [1.54, 1.807) is 0 Å². The molecule has 1 fully saturated rings. The van der Waals surface area contributed by atoms with Crippen LogP contribution in [0.2, 0.25) is 0 Å². The fourth-order valence-corrected chi connectivity index (χ4v) is 2.91. The van der Waals surface area contributed by atoms with Gasteiger partial charge < -0.3 is 10.2 Å². The zero-order valence-electron chi connectivity index (χ0n) is 11.1. The van der Waals surface area contributed by atoms with Gasteiger partial charge in [0.05, 0.1) is 0 Å². The van der Waals surface area contributed by atoms with Gasteiger partial charge in [-0.1, -0.05) is 6.08 Å². The number of nitrogens with one attached hydrogen (secondary N) is 1. The molecule has 0 amide bonds. The molecule has 1 rings (SSSR count). The van der Waals surface area contributed by atoms with E-state index in [2.05, 4.69) is 64.2 Å². The first-order valence-electron chi connectivity index (χ1n) is 5.90. The maximum absolute atomic E-state index is 3.71. The van der Waals surface area contributed by atoms with Crippen LogP contribution in [0.3, 0.4) is 0 Å². The fraction of sp³-hybridized carbons (Fsp3) is 0.846. The Hall–Kier alpha value is -0.500. The highest BCUT2D eigenvalue weighted by atomic mass is 15.2. The molecule has 0 aromatic heterocycles. The number of allylic oxidation sites excluding steroid dienone is 1. The molecule has 0 aromatic carbocycles. The predicted molar refractivity (Wildman–Crippen MR) is 66.9 cm³/mol. The molecule has 88 valence electrons. The molecule has 1 saturated heterocycles. The molecule has 2 heteroatoms. The highest BCUT2D eigenvalue weighted by Crippen LogP contribution is 2.30. The molecule has 15 heavy (non-hydrogen) atoms. The van der Waals surface area contributed by atoms with Crippen LogP contribution < -0.4 is 5.32 Å². The Morgan fingerprint density at radius 3 is 2.00 bits per heavy atom. The number of hydrogen-bond donors (Lipinski definition) is 1. The van der Waals surface area contributed by atoms with E-state index >= 15 is 0 Å². The molecule has 1 N–H and O–H groups in total. The van der Waals surface area contributed by atoms with Crippen LogP contribution in [0.4, 0.5) is 0 Å². The average Bonchev–Trinajstić information content (AvgIpc) is 1.98. The van der Waals surface area contributed by atoms with Crippen molar-refractivity contribution in [2.24, 2.45) is 0 Å². The quantitative estimate of drug-likeness (QED) is 0.754. The number of piperidine rings is 1. The monoisotopic (exact) mass is 210 g/mol. The topological polar surface area (TPSA) is 15.3 Å². The molecule has 1 aliphatic rings. The maximum atomic E-state index is 3.71. The lowest BCUT2D eigenvalue weighted by Crippen LogP contribution is -2.61. The van der Waals surface area contributed by atoms with Gasteiger partial charge in [0, 0.05) is 24.2 Å². The van der Waals surface area contributed by atoms with Gasteiger partial charge in [-0.2, -0.15) is 0 Å². The third-order valence-corrected chi connectivity index (χ3v) is 3.13. The molecule has 0 bridgehead atoms. The molecular weight excluding hydrogens is 184 g/mol. The van der Waals surface area contributed by atoms with E-state index in [-0.39, 0.29) is 11.1 Å². The summed E-state index contributed by atoms with van der Waals surface area (Å²) < 4.78 is 0. The SMILES string of the molecule is C/C=C/N(C)C1CC(C)(C)NC(C)(C)C1. The van der Waals surface area contributed by atoms with Crippen LogP contribution in [0.1, 0.15) is 47.5 Å². The second-order valence-corrected chi connectivity index (χ2v) is 6.10. The van der Waals surface area contributed by atoms with E-state index < -0.39 is 0 Å². The van der Waals surface area contributed by atoms with E-state index in [9.17, 15) is 0 Å². The zero-order valence-corrected chi connectivity index (χ0v) is 11.1. The third kappa shape index (κ3) is 3.53. The molecule has 0 atom stereocenters. The molecule has 1 heterocycles. The highest BCUT2D eigenvalue weighted by Gasteiger charge is 2.38. The summed E-state index contributed by atoms with van der Waals surface area (Å²) in [6, 6.07) is 0.646. The van der Waals surface area contributed by atoms with Gasteiger partial charge in [0.2, 0.25) is 0 Å². The predicted octanol–water partition coefficient (Wildman–Crippen LogP) is 2.76. The zero-order chi connectivity index (χ0) is 11.7. The van der Waals surface area contributed by atoms with Crippen LogP contribution in [0.5, 0.6) is 0 Å². The molecular formula is C13H26N2. The van der Waals surface area contributed by atoms with Crippen molar-refractivity contribution in [3.8, 4) is 0 Å².